The zero-order valence-corrected chi connectivity index (χ0v) is 13.9. The molecule has 98 valence electrons. The van der Waals surface area contributed by atoms with Gasteiger partial charge in [-0.05, 0) is 40.3 Å². The van der Waals surface area contributed by atoms with Crippen LogP contribution in [0.3, 0.4) is 0 Å². The molecule has 0 bridgehead atoms. The van der Waals surface area contributed by atoms with Crippen LogP contribution < -0.4 is 5.32 Å². The smallest absolute Gasteiger partial charge is 0.252 e. The summed E-state index contributed by atoms with van der Waals surface area (Å²) < 4.78 is 0.957. The fourth-order valence-corrected chi connectivity index (χ4v) is 2.95. The van der Waals surface area contributed by atoms with Crippen molar-refractivity contribution in [2.45, 2.75) is 6.04 Å². The number of amides is 1. The van der Waals surface area contributed by atoms with Gasteiger partial charge in [-0.15, -0.1) is 0 Å². The number of benzene rings is 2. The quantitative estimate of drug-likeness (QED) is 0.573. The second kappa shape index (κ2) is 7.05. The van der Waals surface area contributed by atoms with Crippen molar-refractivity contribution in [1.82, 2.24) is 5.32 Å². The molecule has 0 saturated carbocycles. The molecular weight excluding hydrogens is 417 g/mol. The van der Waals surface area contributed by atoms with Gasteiger partial charge in [-0.25, -0.2) is 0 Å². The number of hydrogen-bond donors (Lipinski definition) is 1. The van der Waals surface area contributed by atoms with Crippen molar-refractivity contribution in [3.05, 3.63) is 69.3 Å². The molecule has 0 aliphatic carbocycles. The second-order valence-electron chi connectivity index (χ2n) is 4.07. The highest BCUT2D eigenvalue weighted by atomic mass is 127. The summed E-state index contributed by atoms with van der Waals surface area (Å²) in [7, 11) is 0. The number of nitrogens with one attached hydrogen (secondary N) is 1. The lowest BCUT2D eigenvalue weighted by Gasteiger charge is -2.17. The lowest BCUT2D eigenvalue weighted by atomic mass is 10.1. The van der Waals surface area contributed by atoms with Gasteiger partial charge in [0.2, 0.25) is 0 Å². The number of carbonyl (C=O) groups excluding carboxylic acids is 1. The Labute approximate surface area is 134 Å². The van der Waals surface area contributed by atoms with Gasteiger partial charge < -0.3 is 5.32 Å². The first kappa shape index (κ1) is 14.5. The topological polar surface area (TPSA) is 29.1 Å². The molecule has 19 heavy (non-hydrogen) atoms. The van der Waals surface area contributed by atoms with Gasteiger partial charge in [0.05, 0.1) is 11.6 Å². The standard InChI is InChI=1S/C15H13BrINO/c16-10-14(11-6-2-1-3-7-11)18-15(19)12-8-4-5-9-13(12)17/h1-9,14H,10H2,(H,18,19). The molecule has 0 fully saturated rings. The van der Waals surface area contributed by atoms with E-state index in [2.05, 4.69) is 43.8 Å². The fraction of sp³-hybridized carbons (Fsp3) is 0.133. The van der Waals surface area contributed by atoms with Crippen LogP contribution in [-0.4, -0.2) is 11.2 Å². The van der Waals surface area contributed by atoms with E-state index in [1.54, 1.807) is 0 Å². The molecule has 0 radical (unpaired) electrons. The van der Waals surface area contributed by atoms with Gasteiger partial charge in [0, 0.05) is 8.90 Å². The average Bonchev–Trinajstić information content (AvgIpc) is 2.46. The van der Waals surface area contributed by atoms with Gasteiger partial charge in [0.25, 0.3) is 5.91 Å². The van der Waals surface area contributed by atoms with Crippen molar-refractivity contribution in [2.75, 3.05) is 5.33 Å². The Balaban J connectivity index is 2.16. The Morgan fingerprint density at radius 1 is 1.11 bits per heavy atom. The number of halogens is 2. The number of rotatable bonds is 4. The number of carbonyl (C=O) groups is 1. The Morgan fingerprint density at radius 3 is 2.37 bits per heavy atom. The molecule has 0 aliphatic heterocycles. The van der Waals surface area contributed by atoms with Crippen molar-refractivity contribution in [3.63, 3.8) is 0 Å². The Bertz CT molecular complexity index is 559. The third-order valence-corrected chi connectivity index (χ3v) is 4.37. The van der Waals surface area contributed by atoms with E-state index >= 15 is 0 Å². The van der Waals surface area contributed by atoms with Crippen LogP contribution in [0, 0.1) is 3.57 Å². The molecule has 0 saturated heterocycles. The molecule has 0 aromatic heterocycles. The molecule has 2 nitrogen and oxygen atoms in total. The summed E-state index contributed by atoms with van der Waals surface area (Å²) in [5.74, 6) is -0.0432. The first-order chi connectivity index (χ1) is 9.22. The molecule has 1 amide bonds. The summed E-state index contributed by atoms with van der Waals surface area (Å²) in [5.41, 5.74) is 1.81. The first-order valence-corrected chi connectivity index (χ1v) is 8.08. The van der Waals surface area contributed by atoms with Gasteiger partial charge in [-0.1, -0.05) is 58.4 Å². The summed E-state index contributed by atoms with van der Waals surface area (Å²) in [6.07, 6.45) is 0. The van der Waals surface area contributed by atoms with Gasteiger partial charge in [0.1, 0.15) is 0 Å². The monoisotopic (exact) mass is 429 g/mol. The zero-order valence-electron chi connectivity index (χ0n) is 10.1. The maximum Gasteiger partial charge on any atom is 0.252 e. The van der Waals surface area contributed by atoms with Gasteiger partial charge in [-0.3, -0.25) is 4.79 Å². The van der Waals surface area contributed by atoms with E-state index in [1.165, 1.54) is 0 Å². The summed E-state index contributed by atoms with van der Waals surface area (Å²) in [5, 5.41) is 3.74. The summed E-state index contributed by atoms with van der Waals surface area (Å²) >= 11 is 5.63. The lowest BCUT2D eigenvalue weighted by molar-refractivity contribution is 0.0940. The van der Waals surface area contributed by atoms with E-state index in [4.69, 9.17) is 0 Å². The maximum atomic E-state index is 12.3. The molecule has 0 aliphatic rings. The average molecular weight is 430 g/mol. The fourth-order valence-electron chi connectivity index (χ4n) is 1.78. The van der Waals surface area contributed by atoms with E-state index < -0.39 is 0 Å². The molecular formula is C15H13BrINO. The predicted molar refractivity (Wildman–Crippen MR) is 89.6 cm³/mol. The minimum atomic E-state index is -0.0432. The van der Waals surface area contributed by atoms with E-state index in [0.717, 1.165) is 9.13 Å². The number of alkyl halides is 1. The van der Waals surface area contributed by atoms with Crippen molar-refractivity contribution in [3.8, 4) is 0 Å². The van der Waals surface area contributed by atoms with Crippen LogP contribution in [0.4, 0.5) is 0 Å². The van der Waals surface area contributed by atoms with Crippen LogP contribution >= 0.6 is 38.5 Å². The Morgan fingerprint density at radius 2 is 1.74 bits per heavy atom. The minimum absolute atomic E-state index is 0.0234. The van der Waals surface area contributed by atoms with Crippen LogP contribution in [0.2, 0.25) is 0 Å². The normalized spacial score (nSPS) is 11.9. The molecule has 1 unspecified atom stereocenters. The van der Waals surface area contributed by atoms with E-state index in [0.29, 0.717) is 10.9 Å². The van der Waals surface area contributed by atoms with Crippen LogP contribution in [0.25, 0.3) is 0 Å². The third-order valence-electron chi connectivity index (χ3n) is 2.78. The Hall–Kier alpha value is -0.880. The van der Waals surface area contributed by atoms with Crippen molar-refractivity contribution >= 4 is 44.4 Å². The maximum absolute atomic E-state index is 12.3. The molecule has 2 aromatic rings. The Kier molecular flexibility index (Phi) is 5.39. The van der Waals surface area contributed by atoms with Crippen LogP contribution in [0.1, 0.15) is 22.0 Å². The summed E-state index contributed by atoms with van der Waals surface area (Å²) in [4.78, 5) is 12.3. The van der Waals surface area contributed by atoms with Crippen LogP contribution in [-0.2, 0) is 0 Å². The predicted octanol–water partition coefficient (Wildman–Crippen LogP) is 4.16. The zero-order chi connectivity index (χ0) is 13.7. The largest absolute Gasteiger partial charge is 0.344 e. The first-order valence-electron chi connectivity index (χ1n) is 5.88. The van der Waals surface area contributed by atoms with Crippen molar-refractivity contribution in [1.29, 1.82) is 0 Å². The highest BCUT2D eigenvalue weighted by Gasteiger charge is 2.15. The van der Waals surface area contributed by atoms with Gasteiger partial charge in [0.15, 0.2) is 0 Å². The minimum Gasteiger partial charge on any atom is -0.344 e. The lowest BCUT2D eigenvalue weighted by Crippen LogP contribution is -2.30. The molecule has 2 rings (SSSR count). The molecule has 2 aromatic carbocycles. The molecule has 4 heteroatoms. The molecule has 1 N–H and O–H groups in total. The highest BCUT2D eigenvalue weighted by molar-refractivity contribution is 14.1. The third kappa shape index (κ3) is 3.79. The highest BCUT2D eigenvalue weighted by Crippen LogP contribution is 2.17. The van der Waals surface area contributed by atoms with Crippen LogP contribution in [0.5, 0.6) is 0 Å². The van der Waals surface area contributed by atoms with E-state index in [-0.39, 0.29) is 11.9 Å². The van der Waals surface area contributed by atoms with Crippen molar-refractivity contribution < 1.29 is 4.79 Å². The van der Waals surface area contributed by atoms with E-state index in [1.807, 2.05) is 54.6 Å². The molecule has 0 heterocycles. The van der Waals surface area contributed by atoms with Gasteiger partial charge in [-0.2, -0.15) is 0 Å². The van der Waals surface area contributed by atoms with Crippen LogP contribution in [0.15, 0.2) is 54.6 Å². The van der Waals surface area contributed by atoms with Gasteiger partial charge >= 0.3 is 0 Å². The summed E-state index contributed by atoms with van der Waals surface area (Å²) in [6, 6.07) is 17.5. The summed E-state index contributed by atoms with van der Waals surface area (Å²) in [6.45, 7) is 0. The SMILES string of the molecule is O=C(NC(CBr)c1ccccc1)c1ccccc1I. The van der Waals surface area contributed by atoms with Crippen molar-refractivity contribution in [2.24, 2.45) is 0 Å². The molecule has 1 atom stereocenters. The molecule has 0 spiro atoms. The number of hydrogen-bond acceptors (Lipinski definition) is 1. The second-order valence-corrected chi connectivity index (χ2v) is 5.88. The van der Waals surface area contributed by atoms with E-state index in [9.17, 15) is 4.79 Å².